The van der Waals surface area contributed by atoms with Crippen molar-refractivity contribution in [3.05, 3.63) is 28.8 Å². The first-order chi connectivity index (χ1) is 6.98. The van der Waals surface area contributed by atoms with Crippen molar-refractivity contribution in [3.8, 4) is 0 Å². The van der Waals surface area contributed by atoms with E-state index >= 15 is 0 Å². The average molecular weight is 269 g/mol. The Balaban J connectivity index is 2.45. The predicted octanol–water partition coefficient (Wildman–Crippen LogP) is 2.27. The zero-order valence-corrected chi connectivity index (χ0v) is 9.64. The van der Waals surface area contributed by atoms with Gasteiger partial charge >= 0.3 is 0 Å². The number of hydrogen-bond acceptors (Lipinski definition) is 4. The Bertz CT molecular complexity index is 481. The van der Waals surface area contributed by atoms with Crippen LogP contribution in [0, 0.1) is 0 Å². The molecule has 0 saturated carbocycles. The van der Waals surface area contributed by atoms with E-state index in [1.165, 1.54) is 12.1 Å². The normalized spacial score (nSPS) is 17.5. The molecule has 0 unspecified atom stereocenters. The molecule has 1 aliphatic rings. The fourth-order valence-corrected chi connectivity index (χ4v) is 2.68. The van der Waals surface area contributed by atoms with Crippen LogP contribution in [0.3, 0.4) is 0 Å². The highest BCUT2D eigenvalue weighted by Gasteiger charge is 2.24. The minimum atomic E-state index is -3.84. The van der Waals surface area contributed by atoms with E-state index in [4.69, 9.17) is 31.8 Å². The van der Waals surface area contributed by atoms with Crippen LogP contribution in [0.15, 0.2) is 23.1 Å². The summed E-state index contributed by atoms with van der Waals surface area (Å²) >= 11 is 5.70. The lowest BCUT2D eigenvalue weighted by molar-refractivity contribution is -0.326. The van der Waals surface area contributed by atoms with Crippen molar-refractivity contribution < 1.29 is 17.9 Å². The van der Waals surface area contributed by atoms with Gasteiger partial charge in [-0.05, 0) is 12.1 Å². The van der Waals surface area contributed by atoms with Crippen LogP contribution in [0.1, 0.15) is 11.9 Å². The van der Waals surface area contributed by atoms with Crippen molar-refractivity contribution >= 4 is 31.3 Å². The monoisotopic (exact) mass is 268 g/mol. The molecule has 82 valence electrons. The molecule has 0 amide bonds. The second kappa shape index (κ2) is 3.92. The maximum absolute atomic E-state index is 11.1. The average Bonchev–Trinajstić information content (AvgIpc) is 2.03. The van der Waals surface area contributed by atoms with Gasteiger partial charge in [0.05, 0.1) is 5.02 Å². The summed E-state index contributed by atoms with van der Waals surface area (Å²) in [5.41, 5.74) is 0.574. The minimum Gasteiger partial charge on any atom is -0.322 e. The molecule has 1 aromatic carbocycles. The summed E-state index contributed by atoms with van der Waals surface area (Å²) in [5, 5.41) is 0.0769. The summed E-state index contributed by atoms with van der Waals surface area (Å²) in [5.74, 6) is 0. The van der Waals surface area contributed by atoms with Crippen LogP contribution in [0.2, 0.25) is 5.02 Å². The second-order valence-electron chi connectivity index (χ2n) is 2.91. The van der Waals surface area contributed by atoms with Gasteiger partial charge in [0.1, 0.15) is 4.90 Å². The Morgan fingerprint density at radius 2 is 2.00 bits per heavy atom. The number of rotatable bonds is 2. The second-order valence-corrected chi connectivity index (χ2v) is 5.85. The fraction of sp³-hybridized carbons (Fsp3) is 0.250. The van der Waals surface area contributed by atoms with E-state index in [2.05, 4.69) is 0 Å². The first-order valence-corrected chi connectivity index (χ1v) is 6.64. The van der Waals surface area contributed by atoms with Gasteiger partial charge in [0.2, 0.25) is 0 Å². The minimum absolute atomic E-state index is 0.0769. The molecular formula is C8H6Cl2O4S. The van der Waals surface area contributed by atoms with E-state index in [1.54, 1.807) is 6.07 Å². The van der Waals surface area contributed by atoms with Gasteiger partial charge in [-0.1, -0.05) is 17.7 Å². The van der Waals surface area contributed by atoms with E-state index in [0.29, 0.717) is 5.56 Å². The zero-order valence-electron chi connectivity index (χ0n) is 7.31. The molecule has 4 nitrogen and oxygen atoms in total. The van der Waals surface area contributed by atoms with Crippen LogP contribution in [0.25, 0.3) is 0 Å². The van der Waals surface area contributed by atoms with Gasteiger partial charge < -0.3 is 9.47 Å². The van der Waals surface area contributed by atoms with Crippen molar-refractivity contribution in [1.82, 2.24) is 0 Å². The van der Waals surface area contributed by atoms with E-state index in [9.17, 15) is 8.42 Å². The Hall–Kier alpha value is -0.330. The van der Waals surface area contributed by atoms with Crippen LogP contribution in [0.4, 0.5) is 0 Å². The van der Waals surface area contributed by atoms with Crippen molar-refractivity contribution in [1.29, 1.82) is 0 Å². The third-order valence-corrected chi connectivity index (χ3v) is 3.73. The van der Waals surface area contributed by atoms with Crippen LogP contribution < -0.4 is 0 Å². The van der Waals surface area contributed by atoms with Crippen molar-refractivity contribution in [2.75, 3.05) is 6.79 Å². The Kier molecular flexibility index (Phi) is 2.92. The molecule has 0 spiro atoms. The molecule has 1 aliphatic heterocycles. The molecule has 15 heavy (non-hydrogen) atoms. The van der Waals surface area contributed by atoms with Gasteiger partial charge in [-0.15, -0.1) is 0 Å². The predicted molar refractivity (Wildman–Crippen MR) is 54.3 cm³/mol. The van der Waals surface area contributed by atoms with Gasteiger partial charge in [-0.3, -0.25) is 0 Å². The van der Waals surface area contributed by atoms with Crippen LogP contribution in [-0.4, -0.2) is 15.2 Å². The summed E-state index contributed by atoms with van der Waals surface area (Å²) in [7, 11) is 1.36. The lowest BCUT2D eigenvalue weighted by Crippen LogP contribution is -2.22. The molecule has 0 N–H and O–H groups in total. The number of hydrogen-bond donors (Lipinski definition) is 0. The first kappa shape index (κ1) is 11.2. The molecule has 0 atom stereocenters. The van der Waals surface area contributed by atoms with E-state index in [-0.39, 0.29) is 16.7 Å². The summed E-state index contributed by atoms with van der Waals surface area (Å²) in [4.78, 5) is -0.137. The van der Waals surface area contributed by atoms with Crippen LogP contribution in [-0.2, 0) is 18.5 Å². The lowest BCUT2D eigenvalue weighted by Gasteiger charge is -2.27. The topological polar surface area (TPSA) is 52.6 Å². The molecule has 0 radical (unpaired) electrons. The highest BCUT2D eigenvalue weighted by molar-refractivity contribution is 8.13. The highest BCUT2D eigenvalue weighted by atomic mass is 35.7. The number of halogens is 2. The molecule has 2 rings (SSSR count). The first-order valence-electron chi connectivity index (χ1n) is 3.96. The largest absolute Gasteiger partial charge is 0.322 e. The molecule has 0 bridgehead atoms. The molecule has 1 aromatic rings. The van der Waals surface area contributed by atoms with E-state index in [0.717, 1.165) is 0 Å². The highest BCUT2D eigenvalue weighted by Crippen LogP contribution is 2.32. The molecule has 1 saturated heterocycles. The number of ether oxygens (including phenoxy) is 2. The lowest BCUT2D eigenvalue weighted by atomic mass is 10.2. The number of benzene rings is 1. The Labute approximate surface area is 96.1 Å². The molecule has 0 aromatic heterocycles. The molecule has 0 aliphatic carbocycles. The van der Waals surface area contributed by atoms with Gasteiger partial charge in [0.25, 0.3) is 9.05 Å². The van der Waals surface area contributed by atoms with Crippen molar-refractivity contribution in [2.24, 2.45) is 0 Å². The summed E-state index contributed by atoms with van der Waals surface area (Å²) < 4.78 is 32.3. The molecule has 1 fully saturated rings. The summed E-state index contributed by atoms with van der Waals surface area (Å²) in [6.07, 6.45) is -0.528. The third kappa shape index (κ3) is 2.26. The molecule has 7 heteroatoms. The van der Waals surface area contributed by atoms with Crippen LogP contribution >= 0.6 is 22.3 Å². The maximum atomic E-state index is 11.1. The molecular weight excluding hydrogens is 263 g/mol. The Morgan fingerprint density at radius 3 is 2.47 bits per heavy atom. The molecule has 1 heterocycles. The quantitative estimate of drug-likeness (QED) is 0.773. The Morgan fingerprint density at radius 1 is 1.33 bits per heavy atom. The zero-order chi connectivity index (χ0) is 11.1. The van der Waals surface area contributed by atoms with E-state index in [1.807, 2.05) is 0 Å². The third-order valence-electron chi connectivity index (χ3n) is 1.93. The summed E-state index contributed by atoms with van der Waals surface area (Å²) in [6, 6.07) is 4.41. The summed E-state index contributed by atoms with van der Waals surface area (Å²) in [6.45, 7) is 0.205. The van der Waals surface area contributed by atoms with Crippen molar-refractivity contribution in [2.45, 2.75) is 11.2 Å². The van der Waals surface area contributed by atoms with Gasteiger partial charge in [-0.2, -0.15) is 0 Å². The van der Waals surface area contributed by atoms with Crippen LogP contribution in [0.5, 0.6) is 0 Å². The smallest absolute Gasteiger partial charge is 0.262 e. The van der Waals surface area contributed by atoms with E-state index < -0.39 is 15.3 Å². The maximum Gasteiger partial charge on any atom is 0.262 e. The standard InChI is InChI=1S/C8H6Cl2O4S/c9-6-2-1-5(8-13-4-14-8)3-7(6)15(10,11)12/h1-3,8H,4H2. The van der Waals surface area contributed by atoms with Gasteiger partial charge in [0, 0.05) is 16.2 Å². The fourth-order valence-electron chi connectivity index (χ4n) is 1.18. The van der Waals surface area contributed by atoms with Gasteiger partial charge in [0.15, 0.2) is 13.1 Å². The van der Waals surface area contributed by atoms with Crippen molar-refractivity contribution in [3.63, 3.8) is 0 Å². The van der Waals surface area contributed by atoms with Gasteiger partial charge in [-0.25, -0.2) is 8.42 Å². The SMILES string of the molecule is O=S(=O)(Cl)c1cc(C2OCO2)ccc1Cl.